The summed E-state index contributed by atoms with van der Waals surface area (Å²) in [5.41, 5.74) is 6.19. The van der Waals surface area contributed by atoms with Gasteiger partial charge in [-0.1, -0.05) is 12.1 Å². The molecule has 19 heavy (non-hydrogen) atoms. The van der Waals surface area contributed by atoms with Gasteiger partial charge in [0.15, 0.2) is 0 Å². The maximum absolute atomic E-state index is 11.9. The number of hydrogen-bond donors (Lipinski definition) is 1. The zero-order chi connectivity index (χ0) is 14.3. The standard InChI is InChI=1S/C12H20N2O4S/c1-14(7-8-17-2)19(15,16)10-9-18-12-6-4-3-5-11(12)13/h3-6H,7-10,13H2,1-2H3. The van der Waals surface area contributed by atoms with E-state index in [4.69, 9.17) is 15.2 Å². The van der Waals surface area contributed by atoms with E-state index in [1.807, 2.05) is 0 Å². The van der Waals surface area contributed by atoms with E-state index in [1.54, 1.807) is 24.3 Å². The summed E-state index contributed by atoms with van der Waals surface area (Å²) < 4.78 is 35.2. The maximum Gasteiger partial charge on any atom is 0.217 e. The first-order valence-electron chi connectivity index (χ1n) is 5.87. The third-order valence-corrected chi connectivity index (χ3v) is 4.42. The monoisotopic (exact) mass is 288 g/mol. The maximum atomic E-state index is 11.9. The van der Waals surface area contributed by atoms with Crippen molar-refractivity contribution in [2.24, 2.45) is 0 Å². The number of sulfonamides is 1. The zero-order valence-corrected chi connectivity index (χ0v) is 12.0. The molecule has 0 fully saturated rings. The van der Waals surface area contributed by atoms with Gasteiger partial charge in [-0.25, -0.2) is 12.7 Å². The molecule has 0 amide bonds. The van der Waals surface area contributed by atoms with Gasteiger partial charge >= 0.3 is 0 Å². The highest BCUT2D eigenvalue weighted by Gasteiger charge is 2.17. The molecule has 0 saturated heterocycles. The van der Waals surface area contributed by atoms with Crippen molar-refractivity contribution >= 4 is 15.7 Å². The molecule has 0 unspecified atom stereocenters. The minimum Gasteiger partial charge on any atom is -0.490 e. The number of ether oxygens (including phenoxy) is 2. The largest absolute Gasteiger partial charge is 0.490 e. The molecule has 2 N–H and O–H groups in total. The molecule has 1 aromatic rings. The summed E-state index contributed by atoms with van der Waals surface area (Å²) in [6.45, 7) is 0.752. The van der Waals surface area contributed by atoms with Crippen molar-refractivity contribution in [3.63, 3.8) is 0 Å². The Labute approximate surface area is 114 Å². The van der Waals surface area contributed by atoms with E-state index in [2.05, 4.69) is 0 Å². The van der Waals surface area contributed by atoms with Crippen LogP contribution in [0.4, 0.5) is 5.69 Å². The number of rotatable bonds is 8. The highest BCUT2D eigenvalue weighted by Crippen LogP contribution is 2.19. The lowest BCUT2D eigenvalue weighted by Gasteiger charge is -2.17. The Morgan fingerprint density at radius 1 is 1.26 bits per heavy atom. The summed E-state index contributed by atoms with van der Waals surface area (Å²) in [6, 6.07) is 6.98. The van der Waals surface area contributed by atoms with Crippen LogP contribution in [0.5, 0.6) is 5.75 Å². The topological polar surface area (TPSA) is 81.9 Å². The molecule has 0 aliphatic rings. The number of methoxy groups -OCH3 is 1. The predicted octanol–water partition coefficient (Wildman–Crippen LogP) is 0.556. The lowest BCUT2D eigenvalue weighted by Crippen LogP contribution is -2.33. The third kappa shape index (κ3) is 5.06. The van der Waals surface area contributed by atoms with Crippen molar-refractivity contribution in [3.05, 3.63) is 24.3 Å². The zero-order valence-electron chi connectivity index (χ0n) is 11.2. The average molecular weight is 288 g/mol. The van der Waals surface area contributed by atoms with Crippen LogP contribution < -0.4 is 10.5 Å². The molecule has 0 spiro atoms. The van der Waals surface area contributed by atoms with Gasteiger partial charge in [0, 0.05) is 20.7 Å². The normalized spacial score (nSPS) is 11.7. The Bertz CT molecular complexity index is 490. The summed E-state index contributed by atoms with van der Waals surface area (Å²) in [5, 5.41) is 0. The van der Waals surface area contributed by atoms with E-state index in [1.165, 1.54) is 18.5 Å². The van der Waals surface area contributed by atoms with Gasteiger partial charge in [0.1, 0.15) is 12.4 Å². The Morgan fingerprint density at radius 3 is 2.58 bits per heavy atom. The fourth-order valence-electron chi connectivity index (χ4n) is 1.38. The molecule has 1 aromatic carbocycles. The van der Waals surface area contributed by atoms with Crippen LogP contribution in [-0.2, 0) is 14.8 Å². The SMILES string of the molecule is COCCN(C)S(=O)(=O)CCOc1ccccc1N. The van der Waals surface area contributed by atoms with Crippen molar-refractivity contribution in [1.29, 1.82) is 0 Å². The summed E-state index contributed by atoms with van der Waals surface area (Å²) >= 11 is 0. The van der Waals surface area contributed by atoms with Crippen LogP contribution in [0.25, 0.3) is 0 Å². The molecule has 0 heterocycles. The molecule has 0 saturated carbocycles. The van der Waals surface area contributed by atoms with Crippen LogP contribution in [0.3, 0.4) is 0 Å². The van der Waals surface area contributed by atoms with Crippen molar-refractivity contribution in [2.45, 2.75) is 0 Å². The minimum absolute atomic E-state index is 0.0634. The molecule has 0 bridgehead atoms. The number of hydrogen-bond acceptors (Lipinski definition) is 5. The van der Waals surface area contributed by atoms with Crippen LogP contribution >= 0.6 is 0 Å². The van der Waals surface area contributed by atoms with Gasteiger partial charge in [0.2, 0.25) is 10.0 Å². The van der Waals surface area contributed by atoms with E-state index < -0.39 is 10.0 Å². The van der Waals surface area contributed by atoms with Gasteiger partial charge in [-0.15, -0.1) is 0 Å². The summed E-state index contributed by atoms with van der Waals surface area (Å²) in [4.78, 5) is 0. The number of benzene rings is 1. The lowest BCUT2D eigenvalue weighted by atomic mass is 10.3. The summed E-state index contributed by atoms with van der Waals surface area (Å²) in [6.07, 6.45) is 0. The second-order valence-electron chi connectivity index (χ2n) is 4.02. The predicted molar refractivity (Wildman–Crippen MR) is 74.6 cm³/mol. The van der Waals surface area contributed by atoms with Crippen LogP contribution in [0.1, 0.15) is 0 Å². The third-order valence-electron chi connectivity index (χ3n) is 2.60. The van der Waals surface area contributed by atoms with Crippen molar-refractivity contribution < 1.29 is 17.9 Å². The second kappa shape index (κ2) is 7.32. The highest BCUT2D eigenvalue weighted by atomic mass is 32.2. The molecule has 0 aliphatic carbocycles. The van der Waals surface area contributed by atoms with Crippen LogP contribution in [-0.4, -0.2) is 52.4 Å². The quantitative estimate of drug-likeness (QED) is 0.707. The fraction of sp³-hybridized carbons (Fsp3) is 0.500. The Kier molecular flexibility index (Phi) is 6.07. The minimum atomic E-state index is -3.33. The number of anilines is 1. The molecule has 0 radical (unpaired) electrons. The van der Waals surface area contributed by atoms with Gasteiger partial charge in [-0.05, 0) is 12.1 Å². The van der Waals surface area contributed by atoms with Crippen LogP contribution in [0, 0.1) is 0 Å². The van der Waals surface area contributed by atoms with E-state index in [0.29, 0.717) is 24.6 Å². The number of nitrogens with zero attached hydrogens (tertiary/aromatic N) is 1. The van der Waals surface area contributed by atoms with Gasteiger partial charge in [-0.2, -0.15) is 0 Å². The molecule has 0 atom stereocenters. The second-order valence-corrected chi connectivity index (χ2v) is 6.21. The van der Waals surface area contributed by atoms with Crippen molar-refractivity contribution in [3.8, 4) is 5.75 Å². The first-order chi connectivity index (χ1) is 8.97. The van der Waals surface area contributed by atoms with E-state index >= 15 is 0 Å². The first-order valence-corrected chi connectivity index (χ1v) is 7.48. The van der Waals surface area contributed by atoms with Crippen LogP contribution in [0.2, 0.25) is 0 Å². The van der Waals surface area contributed by atoms with Crippen LogP contribution in [0.15, 0.2) is 24.3 Å². The molecule has 1 rings (SSSR count). The number of para-hydroxylation sites is 2. The van der Waals surface area contributed by atoms with Gasteiger partial charge in [-0.3, -0.25) is 0 Å². The molecular weight excluding hydrogens is 268 g/mol. The number of nitrogens with two attached hydrogens (primary N) is 1. The average Bonchev–Trinajstić information content (AvgIpc) is 2.38. The smallest absolute Gasteiger partial charge is 0.217 e. The Hall–Kier alpha value is -1.31. The molecule has 0 aliphatic heterocycles. The van der Waals surface area contributed by atoms with E-state index in [-0.39, 0.29) is 12.4 Å². The summed E-state index contributed by atoms with van der Waals surface area (Å²) in [7, 11) is -0.279. The molecule has 108 valence electrons. The number of likely N-dealkylation sites (N-methyl/N-ethyl adjacent to an activating group) is 1. The fourth-order valence-corrected chi connectivity index (χ4v) is 2.34. The van der Waals surface area contributed by atoms with Gasteiger partial charge in [0.25, 0.3) is 0 Å². The Balaban J connectivity index is 2.46. The molecule has 6 nitrogen and oxygen atoms in total. The highest BCUT2D eigenvalue weighted by molar-refractivity contribution is 7.89. The molecule has 7 heteroatoms. The van der Waals surface area contributed by atoms with Gasteiger partial charge in [0.05, 0.1) is 18.0 Å². The first kappa shape index (κ1) is 15.7. The lowest BCUT2D eigenvalue weighted by molar-refractivity contribution is 0.185. The molecular formula is C12H20N2O4S. The Morgan fingerprint density at radius 2 is 1.95 bits per heavy atom. The van der Waals surface area contributed by atoms with Crippen molar-refractivity contribution in [1.82, 2.24) is 4.31 Å². The summed E-state index contributed by atoms with van der Waals surface area (Å²) in [5.74, 6) is 0.402. The molecule has 0 aromatic heterocycles. The number of nitrogen functional groups attached to an aromatic ring is 1. The van der Waals surface area contributed by atoms with E-state index in [9.17, 15) is 8.42 Å². The van der Waals surface area contributed by atoms with E-state index in [0.717, 1.165) is 0 Å². The van der Waals surface area contributed by atoms with Crippen molar-refractivity contribution in [2.75, 3.05) is 45.4 Å². The van der Waals surface area contributed by atoms with Gasteiger partial charge < -0.3 is 15.2 Å².